The van der Waals surface area contributed by atoms with Gasteiger partial charge in [-0.2, -0.15) is 0 Å². The number of nitrogens with zero attached hydrogens (tertiary/aromatic N) is 1. The van der Waals surface area contributed by atoms with Crippen LogP contribution in [0.1, 0.15) is 17.9 Å². The summed E-state index contributed by atoms with van der Waals surface area (Å²) in [6.45, 7) is 0.365. The van der Waals surface area contributed by atoms with Crippen molar-refractivity contribution in [2.45, 2.75) is 18.4 Å². The predicted molar refractivity (Wildman–Crippen MR) is 62.3 cm³/mol. The van der Waals surface area contributed by atoms with Crippen molar-refractivity contribution in [2.24, 2.45) is 0 Å². The van der Waals surface area contributed by atoms with E-state index in [2.05, 4.69) is 17.4 Å². The molecule has 0 spiro atoms. The molecule has 4 heteroatoms. The van der Waals surface area contributed by atoms with Crippen molar-refractivity contribution in [3.8, 4) is 0 Å². The molecule has 1 saturated heterocycles. The van der Waals surface area contributed by atoms with Crippen LogP contribution >= 0.6 is 0 Å². The molecule has 2 atom stereocenters. The number of hydrogen-bond acceptors (Lipinski definition) is 2. The second kappa shape index (κ2) is 3.87. The molecule has 0 bridgehead atoms. The van der Waals surface area contributed by atoms with Crippen molar-refractivity contribution in [3.63, 3.8) is 0 Å². The topological polar surface area (TPSA) is 49.4 Å². The lowest BCUT2D eigenvalue weighted by Crippen LogP contribution is -2.52. The Hall–Kier alpha value is -1.84. The molecule has 2 aliphatic rings. The smallest absolute Gasteiger partial charge is 0.242 e. The van der Waals surface area contributed by atoms with Crippen LogP contribution in [0.25, 0.3) is 0 Å². The zero-order valence-corrected chi connectivity index (χ0v) is 9.43. The average Bonchev–Trinajstić information content (AvgIpc) is 3.13. The summed E-state index contributed by atoms with van der Waals surface area (Å²) >= 11 is 0. The minimum Gasteiger partial charge on any atom is -0.345 e. The maximum atomic E-state index is 11.7. The zero-order chi connectivity index (χ0) is 11.8. The Kier molecular flexibility index (Phi) is 2.35. The van der Waals surface area contributed by atoms with Gasteiger partial charge in [0.05, 0.1) is 13.1 Å². The first-order chi connectivity index (χ1) is 8.25. The zero-order valence-electron chi connectivity index (χ0n) is 9.43. The van der Waals surface area contributed by atoms with E-state index in [1.807, 2.05) is 18.2 Å². The third kappa shape index (κ3) is 1.90. The molecule has 2 fully saturated rings. The average molecular weight is 230 g/mol. The van der Waals surface area contributed by atoms with Gasteiger partial charge < -0.3 is 10.2 Å². The third-order valence-electron chi connectivity index (χ3n) is 3.46. The highest BCUT2D eigenvalue weighted by atomic mass is 16.2. The first kappa shape index (κ1) is 10.3. The van der Waals surface area contributed by atoms with E-state index < -0.39 is 0 Å². The van der Waals surface area contributed by atoms with Gasteiger partial charge in [0.25, 0.3) is 0 Å². The quantitative estimate of drug-likeness (QED) is 0.804. The van der Waals surface area contributed by atoms with Gasteiger partial charge in [-0.3, -0.25) is 9.59 Å². The summed E-state index contributed by atoms with van der Waals surface area (Å²) in [5, 5.41) is 2.57. The molecule has 1 aliphatic carbocycles. The molecular formula is C13H14N2O2. The summed E-state index contributed by atoms with van der Waals surface area (Å²) in [6, 6.07) is 10.4. The van der Waals surface area contributed by atoms with Gasteiger partial charge in [-0.05, 0) is 12.0 Å². The van der Waals surface area contributed by atoms with Crippen molar-refractivity contribution >= 4 is 11.8 Å². The van der Waals surface area contributed by atoms with Crippen molar-refractivity contribution < 1.29 is 9.59 Å². The molecule has 1 saturated carbocycles. The normalized spacial score (nSPS) is 27.9. The van der Waals surface area contributed by atoms with E-state index in [9.17, 15) is 9.59 Å². The largest absolute Gasteiger partial charge is 0.345 e. The Bertz CT molecular complexity index is 458. The molecule has 4 nitrogen and oxygen atoms in total. The van der Waals surface area contributed by atoms with Crippen molar-refractivity contribution in [2.75, 3.05) is 13.1 Å². The molecule has 17 heavy (non-hydrogen) atoms. The molecule has 1 aliphatic heterocycles. The Labute approximate surface area is 99.6 Å². The lowest BCUT2D eigenvalue weighted by atomic mass is 10.1. The minimum absolute atomic E-state index is 0.0352. The highest BCUT2D eigenvalue weighted by molar-refractivity contribution is 5.92. The molecule has 88 valence electrons. The van der Waals surface area contributed by atoms with Crippen LogP contribution in [0.3, 0.4) is 0 Å². The van der Waals surface area contributed by atoms with Crippen LogP contribution in [0.5, 0.6) is 0 Å². The van der Waals surface area contributed by atoms with E-state index in [-0.39, 0.29) is 30.9 Å². The fraction of sp³-hybridized carbons (Fsp3) is 0.385. The highest BCUT2D eigenvalue weighted by Crippen LogP contribution is 2.44. The van der Waals surface area contributed by atoms with Gasteiger partial charge in [-0.1, -0.05) is 30.3 Å². The second-order valence-corrected chi connectivity index (χ2v) is 4.62. The molecule has 1 heterocycles. The number of benzene rings is 1. The Morgan fingerprint density at radius 3 is 2.71 bits per heavy atom. The van der Waals surface area contributed by atoms with E-state index in [1.165, 1.54) is 5.56 Å². The first-order valence-electron chi connectivity index (χ1n) is 5.87. The molecule has 2 amide bonds. The standard InChI is InChI=1S/C13H14N2O2/c16-12-8-15(13(17)7-14-12)11-6-10(11)9-4-2-1-3-5-9/h1-5,10-11H,6-8H2,(H,14,16). The molecule has 1 aromatic rings. The molecular weight excluding hydrogens is 216 g/mol. The molecule has 1 aromatic carbocycles. The van der Waals surface area contributed by atoms with Crippen molar-refractivity contribution in [1.29, 1.82) is 0 Å². The van der Waals surface area contributed by atoms with E-state index >= 15 is 0 Å². The number of nitrogens with one attached hydrogen (secondary N) is 1. The number of carbonyl (C=O) groups is 2. The van der Waals surface area contributed by atoms with Crippen LogP contribution in [0.2, 0.25) is 0 Å². The van der Waals surface area contributed by atoms with Crippen LogP contribution in [0.4, 0.5) is 0 Å². The van der Waals surface area contributed by atoms with Gasteiger partial charge >= 0.3 is 0 Å². The van der Waals surface area contributed by atoms with Gasteiger partial charge in [0.15, 0.2) is 0 Å². The number of rotatable bonds is 2. The Morgan fingerprint density at radius 2 is 1.94 bits per heavy atom. The SMILES string of the molecule is O=C1CN(C2CC2c2ccccc2)C(=O)CN1. The van der Waals surface area contributed by atoms with E-state index in [0.717, 1.165) is 6.42 Å². The molecule has 3 rings (SSSR count). The van der Waals surface area contributed by atoms with Crippen molar-refractivity contribution in [1.82, 2.24) is 10.2 Å². The number of piperazine rings is 1. The molecule has 1 N–H and O–H groups in total. The predicted octanol–water partition coefficient (Wildman–Crippen LogP) is 0.501. The molecule has 2 unspecified atom stereocenters. The van der Waals surface area contributed by atoms with Crippen LogP contribution in [0.15, 0.2) is 30.3 Å². The fourth-order valence-corrected chi connectivity index (χ4v) is 2.46. The number of amides is 2. The lowest BCUT2D eigenvalue weighted by molar-refractivity contribution is -0.141. The maximum absolute atomic E-state index is 11.7. The van der Waals surface area contributed by atoms with Crippen LogP contribution in [0, 0.1) is 0 Å². The Morgan fingerprint density at radius 1 is 1.18 bits per heavy atom. The van der Waals surface area contributed by atoms with E-state index in [1.54, 1.807) is 4.90 Å². The lowest BCUT2D eigenvalue weighted by Gasteiger charge is -2.27. The van der Waals surface area contributed by atoms with Crippen LogP contribution < -0.4 is 5.32 Å². The monoisotopic (exact) mass is 230 g/mol. The summed E-state index contributed by atoms with van der Waals surface area (Å²) in [5.74, 6) is 0.391. The summed E-state index contributed by atoms with van der Waals surface area (Å²) < 4.78 is 0. The summed E-state index contributed by atoms with van der Waals surface area (Å²) in [4.78, 5) is 24.7. The summed E-state index contributed by atoms with van der Waals surface area (Å²) in [6.07, 6.45) is 0.975. The molecule has 0 aromatic heterocycles. The van der Waals surface area contributed by atoms with Gasteiger partial charge in [0.2, 0.25) is 11.8 Å². The van der Waals surface area contributed by atoms with Crippen LogP contribution in [-0.4, -0.2) is 35.8 Å². The van der Waals surface area contributed by atoms with Crippen LogP contribution in [-0.2, 0) is 9.59 Å². The van der Waals surface area contributed by atoms with Gasteiger partial charge in [0, 0.05) is 12.0 Å². The highest BCUT2D eigenvalue weighted by Gasteiger charge is 2.46. The number of carbonyl (C=O) groups excluding carboxylic acids is 2. The number of hydrogen-bond donors (Lipinski definition) is 1. The van der Waals surface area contributed by atoms with Gasteiger partial charge in [-0.15, -0.1) is 0 Å². The van der Waals surface area contributed by atoms with E-state index in [0.29, 0.717) is 5.92 Å². The maximum Gasteiger partial charge on any atom is 0.242 e. The fourth-order valence-electron chi connectivity index (χ4n) is 2.46. The summed E-state index contributed by atoms with van der Waals surface area (Å²) in [5.41, 5.74) is 1.26. The third-order valence-corrected chi connectivity index (χ3v) is 3.46. The van der Waals surface area contributed by atoms with Gasteiger partial charge in [0.1, 0.15) is 0 Å². The first-order valence-corrected chi connectivity index (χ1v) is 5.87. The van der Waals surface area contributed by atoms with Crippen molar-refractivity contribution in [3.05, 3.63) is 35.9 Å². The second-order valence-electron chi connectivity index (χ2n) is 4.62. The minimum atomic E-state index is -0.0525. The Balaban J connectivity index is 1.72. The van der Waals surface area contributed by atoms with Gasteiger partial charge in [-0.25, -0.2) is 0 Å². The van der Waals surface area contributed by atoms with E-state index in [4.69, 9.17) is 0 Å². The summed E-state index contributed by atoms with van der Waals surface area (Å²) in [7, 11) is 0. The molecule has 0 radical (unpaired) electrons.